The van der Waals surface area contributed by atoms with Crippen LogP contribution in [0.15, 0.2) is 84.9 Å². The lowest BCUT2D eigenvalue weighted by Gasteiger charge is -2.38. The summed E-state index contributed by atoms with van der Waals surface area (Å²) in [7, 11) is 0. The van der Waals surface area contributed by atoms with E-state index >= 15 is 0 Å². The van der Waals surface area contributed by atoms with E-state index < -0.39 is 12.0 Å². The van der Waals surface area contributed by atoms with Gasteiger partial charge in [0.25, 0.3) is 11.8 Å². The summed E-state index contributed by atoms with van der Waals surface area (Å²) >= 11 is 0. The number of hydrogen-bond acceptors (Lipinski definition) is 6. The molecule has 2 heterocycles. The number of fused-ring (bicyclic) bond motifs is 2. The Labute approximate surface area is 271 Å². The van der Waals surface area contributed by atoms with Gasteiger partial charge in [-0.1, -0.05) is 24.3 Å². The Balaban J connectivity index is 1.13. The van der Waals surface area contributed by atoms with Gasteiger partial charge in [0.05, 0.1) is 13.2 Å². The van der Waals surface area contributed by atoms with Crippen molar-refractivity contribution >= 4 is 17.8 Å². The smallest absolute Gasteiger partial charge is 0.330 e. The highest BCUT2D eigenvalue weighted by atomic mass is 19.1. The summed E-state index contributed by atoms with van der Waals surface area (Å²) in [6.45, 7) is 2.98. The van der Waals surface area contributed by atoms with Crippen molar-refractivity contribution < 1.29 is 37.4 Å². The van der Waals surface area contributed by atoms with Gasteiger partial charge in [-0.3, -0.25) is 9.59 Å². The molecule has 0 saturated carbocycles. The molecule has 0 spiro atoms. The zero-order chi connectivity index (χ0) is 32.9. The van der Waals surface area contributed by atoms with Crippen molar-refractivity contribution in [1.29, 1.82) is 0 Å². The maximum Gasteiger partial charge on any atom is 0.330 e. The molecule has 242 valence electrons. The molecule has 0 saturated heterocycles. The van der Waals surface area contributed by atoms with Gasteiger partial charge in [-0.15, -0.1) is 0 Å². The summed E-state index contributed by atoms with van der Waals surface area (Å²) in [6.07, 6.45) is 1.03. The van der Waals surface area contributed by atoms with Crippen molar-refractivity contribution in [2.75, 3.05) is 26.2 Å². The Hall–Kier alpha value is -5.25. The highest BCUT2D eigenvalue weighted by Crippen LogP contribution is 2.28. The zero-order valence-electron chi connectivity index (χ0n) is 25.9. The van der Waals surface area contributed by atoms with Crippen LogP contribution in [0.2, 0.25) is 0 Å². The molecule has 6 rings (SSSR count). The number of rotatable bonds is 11. The molecule has 10 heteroatoms. The van der Waals surface area contributed by atoms with Gasteiger partial charge in [0.15, 0.2) is 0 Å². The van der Waals surface area contributed by atoms with Crippen LogP contribution in [0.25, 0.3) is 0 Å². The van der Waals surface area contributed by atoms with Gasteiger partial charge in [0, 0.05) is 24.2 Å². The predicted molar refractivity (Wildman–Crippen MR) is 169 cm³/mol. The Morgan fingerprint density at radius 1 is 0.723 bits per heavy atom. The standard InChI is InChI=1S/C37H34F2N2O6/c1-2-45-37(44)34(41-18-16-27-20-31(12-14-33(27)36(41)43)47-23-25-5-9-29(39)10-6-25)21-40-17-15-26-19-30(11-13-32(26)35(40)42)46-22-24-3-7-28(38)8-4-24/h3-14,19-20,34H,2,15-18,21-23H2,1H3. The number of carbonyl (C=O) groups excluding carboxylic acids is 3. The maximum absolute atomic E-state index is 13.7. The molecule has 0 bridgehead atoms. The topological polar surface area (TPSA) is 85.4 Å². The van der Waals surface area contributed by atoms with E-state index in [4.69, 9.17) is 14.2 Å². The normalized spacial score (nSPS) is 14.7. The number of ether oxygens (including phenoxy) is 3. The van der Waals surface area contributed by atoms with Crippen LogP contribution in [-0.2, 0) is 35.6 Å². The number of benzene rings is 4. The van der Waals surface area contributed by atoms with E-state index in [9.17, 15) is 23.2 Å². The van der Waals surface area contributed by atoms with Crippen molar-refractivity contribution in [3.63, 3.8) is 0 Å². The number of halogens is 2. The minimum atomic E-state index is -0.978. The summed E-state index contributed by atoms with van der Waals surface area (Å²) < 4.78 is 43.6. The first-order valence-corrected chi connectivity index (χ1v) is 15.6. The molecule has 4 aromatic carbocycles. The average molecular weight is 641 g/mol. The van der Waals surface area contributed by atoms with Crippen molar-refractivity contribution in [2.24, 2.45) is 0 Å². The van der Waals surface area contributed by atoms with E-state index in [1.165, 1.54) is 29.2 Å². The molecule has 2 aliphatic rings. The summed E-state index contributed by atoms with van der Waals surface area (Å²) in [6, 6.07) is 21.6. The van der Waals surface area contributed by atoms with Crippen LogP contribution >= 0.6 is 0 Å². The second-order valence-corrected chi connectivity index (χ2v) is 11.5. The lowest BCUT2D eigenvalue weighted by atomic mass is 9.96. The molecule has 8 nitrogen and oxygen atoms in total. The van der Waals surface area contributed by atoms with Gasteiger partial charge in [-0.05, 0) is 103 Å². The Morgan fingerprint density at radius 3 is 1.77 bits per heavy atom. The largest absolute Gasteiger partial charge is 0.489 e. The molecule has 0 fully saturated rings. The van der Waals surface area contributed by atoms with Gasteiger partial charge >= 0.3 is 5.97 Å². The van der Waals surface area contributed by atoms with Crippen molar-refractivity contribution in [2.45, 2.75) is 39.0 Å². The second-order valence-electron chi connectivity index (χ2n) is 11.5. The monoisotopic (exact) mass is 640 g/mol. The molecule has 1 unspecified atom stereocenters. The zero-order valence-corrected chi connectivity index (χ0v) is 25.9. The predicted octanol–water partition coefficient (Wildman–Crippen LogP) is 5.75. The number of nitrogens with zero attached hydrogens (tertiary/aromatic N) is 2. The van der Waals surface area contributed by atoms with Gasteiger partial charge in [0.2, 0.25) is 0 Å². The third-order valence-electron chi connectivity index (χ3n) is 8.40. The molecule has 0 aliphatic carbocycles. The van der Waals surface area contributed by atoms with Crippen LogP contribution in [0.5, 0.6) is 11.5 Å². The van der Waals surface area contributed by atoms with E-state index in [-0.39, 0.29) is 56.4 Å². The van der Waals surface area contributed by atoms with Crippen molar-refractivity contribution in [3.8, 4) is 11.5 Å². The van der Waals surface area contributed by atoms with Crippen molar-refractivity contribution in [1.82, 2.24) is 9.80 Å². The van der Waals surface area contributed by atoms with Gasteiger partial charge in [0.1, 0.15) is 42.4 Å². The SMILES string of the molecule is CCOC(=O)C(CN1CCc2cc(OCc3ccc(F)cc3)ccc2C1=O)N1CCc2cc(OCc3ccc(F)cc3)ccc2C1=O. The van der Waals surface area contributed by atoms with Crippen LogP contribution < -0.4 is 9.47 Å². The van der Waals surface area contributed by atoms with E-state index in [1.54, 1.807) is 60.4 Å². The van der Waals surface area contributed by atoms with Gasteiger partial charge in [-0.25, -0.2) is 13.6 Å². The van der Waals surface area contributed by atoms with Crippen molar-refractivity contribution in [3.05, 3.63) is 130 Å². The fourth-order valence-corrected chi connectivity index (χ4v) is 5.89. The summed E-state index contributed by atoms with van der Waals surface area (Å²) in [5.41, 5.74) is 4.23. The molecule has 0 radical (unpaired) electrons. The number of esters is 1. The number of amides is 2. The van der Waals surface area contributed by atoms with Gasteiger partial charge < -0.3 is 24.0 Å². The molecule has 2 amide bonds. The van der Waals surface area contributed by atoms with E-state index in [0.717, 1.165) is 22.3 Å². The molecule has 4 aromatic rings. The first kappa shape index (κ1) is 31.7. The molecule has 47 heavy (non-hydrogen) atoms. The summed E-state index contributed by atoms with van der Waals surface area (Å²) in [5, 5.41) is 0. The average Bonchev–Trinajstić information content (AvgIpc) is 3.08. The summed E-state index contributed by atoms with van der Waals surface area (Å²) in [4.78, 5) is 43.7. The molecule has 2 aliphatic heterocycles. The highest BCUT2D eigenvalue weighted by molar-refractivity contribution is 6.00. The molecule has 1 atom stereocenters. The van der Waals surface area contributed by atoms with E-state index in [2.05, 4.69) is 0 Å². The fourth-order valence-electron chi connectivity index (χ4n) is 5.89. The highest BCUT2D eigenvalue weighted by Gasteiger charge is 2.38. The van der Waals surface area contributed by atoms with Crippen LogP contribution in [0.4, 0.5) is 8.78 Å². The number of hydrogen-bond donors (Lipinski definition) is 0. The van der Waals surface area contributed by atoms with E-state index in [0.29, 0.717) is 42.0 Å². The third kappa shape index (κ3) is 7.27. The first-order chi connectivity index (χ1) is 22.8. The van der Waals surface area contributed by atoms with Crippen LogP contribution in [-0.4, -0.2) is 59.9 Å². The summed E-state index contributed by atoms with van der Waals surface area (Å²) in [5.74, 6) is -0.572. The lowest BCUT2D eigenvalue weighted by Crippen LogP contribution is -2.55. The molecule has 0 aromatic heterocycles. The molecular weight excluding hydrogens is 606 g/mol. The maximum atomic E-state index is 13.7. The third-order valence-corrected chi connectivity index (χ3v) is 8.40. The van der Waals surface area contributed by atoms with E-state index in [1.807, 2.05) is 12.1 Å². The number of carbonyl (C=O) groups is 3. The van der Waals surface area contributed by atoms with Crippen LogP contribution in [0.3, 0.4) is 0 Å². The second kappa shape index (κ2) is 14.0. The molecular formula is C37H34F2N2O6. The Kier molecular flexibility index (Phi) is 9.47. The minimum Gasteiger partial charge on any atom is -0.489 e. The Bertz CT molecular complexity index is 1780. The van der Waals surface area contributed by atoms with Gasteiger partial charge in [-0.2, -0.15) is 0 Å². The van der Waals surface area contributed by atoms with Crippen LogP contribution in [0, 0.1) is 11.6 Å². The van der Waals surface area contributed by atoms with Crippen LogP contribution in [0.1, 0.15) is 49.9 Å². The quantitative estimate of drug-likeness (QED) is 0.194. The minimum absolute atomic E-state index is 0.000136. The fraction of sp³-hybridized carbons (Fsp3) is 0.270. The first-order valence-electron chi connectivity index (χ1n) is 15.6. The Morgan fingerprint density at radius 2 is 1.23 bits per heavy atom. The molecule has 0 N–H and O–H groups in total. The lowest BCUT2D eigenvalue weighted by molar-refractivity contribution is -0.149.